The second-order valence-electron chi connectivity index (χ2n) is 7.48. The zero-order chi connectivity index (χ0) is 24.3. The van der Waals surface area contributed by atoms with Crippen molar-refractivity contribution < 1.29 is 27.2 Å². The number of nitrogens with one attached hydrogen (secondary N) is 2. The summed E-state index contributed by atoms with van der Waals surface area (Å²) < 4.78 is 38.6. The van der Waals surface area contributed by atoms with Crippen LogP contribution in [0.4, 0.5) is 11.4 Å². The Hall–Kier alpha value is -4.11. The number of hydrogen-bond acceptors (Lipinski definition) is 6. The molecule has 0 bridgehead atoms. The standard InChI is InChI=1S/C25H22N2O6S/c1-3-32-25(29)23-22(20-9-4-5-10-21(20)33-23)26-24(28)17-7-6-8-18(15-17)27-34(30,31)19-13-11-16(2)12-14-19/h4-15,27H,3H2,1-2H3,(H,26,28). The Bertz CT molecular complexity index is 1470. The highest BCUT2D eigenvalue weighted by Crippen LogP contribution is 2.32. The molecule has 0 aliphatic carbocycles. The lowest BCUT2D eigenvalue weighted by molar-refractivity contribution is 0.0494. The Morgan fingerprint density at radius 1 is 0.971 bits per heavy atom. The molecule has 0 spiro atoms. The van der Waals surface area contributed by atoms with E-state index in [0.29, 0.717) is 11.0 Å². The molecule has 0 radical (unpaired) electrons. The van der Waals surface area contributed by atoms with Crippen molar-refractivity contribution in [3.63, 3.8) is 0 Å². The second kappa shape index (κ2) is 9.40. The van der Waals surface area contributed by atoms with E-state index in [4.69, 9.17) is 9.15 Å². The number of anilines is 2. The number of amides is 1. The van der Waals surface area contributed by atoms with Crippen LogP contribution in [0.25, 0.3) is 11.0 Å². The molecule has 4 rings (SSSR count). The SMILES string of the molecule is CCOC(=O)c1oc2ccccc2c1NC(=O)c1cccc(NS(=O)(=O)c2ccc(C)cc2)c1. The largest absolute Gasteiger partial charge is 0.460 e. The minimum atomic E-state index is -3.83. The van der Waals surface area contributed by atoms with Crippen LogP contribution >= 0.6 is 0 Å². The van der Waals surface area contributed by atoms with E-state index >= 15 is 0 Å². The molecule has 8 nitrogen and oxygen atoms in total. The molecule has 9 heteroatoms. The lowest BCUT2D eigenvalue weighted by atomic mass is 10.1. The molecule has 1 heterocycles. The number of aryl methyl sites for hydroxylation is 1. The fourth-order valence-corrected chi connectivity index (χ4v) is 4.40. The molecule has 1 amide bonds. The second-order valence-corrected chi connectivity index (χ2v) is 9.16. The molecule has 0 saturated carbocycles. The number of hydrogen-bond donors (Lipinski definition) is 2. The van der Waals surface area contributed by atoms with Crippen molar-refractivity contribution in [1.82, 2.24) is 0 Å². The number of rotatable bonds is 7. The highest BCUT2D eigenvalue weighted by atomic mass is 32.2. The lowest BCUT2D eigenvalue weighted by Crippen LogP contribution is -2.16. The summed E-state index contributed by atoms with van der Waals surface area (Å²) in [5.74, 6) is -1.37. The maximum Gasteiger partial charge on any atom is 0.376 e. The van der Waals surface area contributed by atoms with E-state index in [1.54, 1.807) is 55.5 Å². The van der Waals surface area contributed by atoms with E-state index in [2.05, 4.69) is 10.0 Å². The van der Waals surface area contributed by atoms with Gasteiger partial charge in [0.25, 0.3) is 15.9 Å². The van der Waals surface area contributed by atoms with Gasteiger partial charge in [-0.1, -0.05) is 35.9 Å². The van der Waals surface area contributed by atoms with Crippen LogP contribution in [0.2, 0.25) is 0 Å². The van der Waals surface area contributed by atoms with Crippen LogP contribution in [0, 0.1) is 6.92 Å². The summed E-state index contributed by atoms with van der Waals surface area (Å²) in [4.78, 5) is 25.5. The van der Waals surface area contributed by atoms with Gasteiger partial charge in [-0.2, -0.15) is 0 Å². The molecule has 3 aromatic carbocycles. The first kappa shape index (κ1) is 23.1. The number of carbonyl (C=O) groups excluding carboxylic acids is 2. The molecule has 2 N–H and O–H groups in total. The van der Waals surface area contributed by atoms with Crippen LogP contribution in [0.1, 0.15) is 33.4 Å². The average molecular weight is 479 g/mol. The normalized spacial score (nSPS) is 11.2. The Labute approximate surface area is 196 Å². The molecular weight excluding hydrogens is 456 g/mol. The molecule has 174 valence electrons. The number of esters is 1. The van der Waals surface area contributed by atoms with Crippen LogP contribution in [-0.4, -0.2) is 26.9 Å². The predicted molar refractivity (Wildman–Crippen MR) is 129 cm³/mol. The zero-order valence-corrected chi connectivity index (χ0v) is 19.3. The van der Waals surface area contributed by atoms with Crippen molar-refractivity contribution in [2.75, 3.05) is 16.6 Å². The van der Waals surface area contributed by atoms with E-state index < -0.39 is 21.9 Å². The Morgan fingerprint density at radius 2 is 1.71 bits per heavy atom. The number of fused-ring (bicyclic) bond motifs is 1. The van der Waals surface area contributed by atoms with Gasteiger partial charge in [-0.05, 0) is 56.3 Å². The van der Waals surface area contributed by atoms with E-state index in [9.17, 15) is 18.0 Å². The third-order valence-electron chi connectivity index (χ3n) is 5.00. The van der Waals surface area contributed by atoms with E-state index in [1.165, 1.54) is 24.3 Å². The Morgan fingerprint density at radius 3 is 2.44 bits per heavy atom. The van der Waals surface area contributed by atoms with Crippen molar-refractivity contribution in [3.05, 3.63) is 89.7 Å². The van der Waals surface area contributed by atoms with Crippen molar-refractivity contribution in [2.45, 2.75) is 18.7 Å². The summed E-state index contributed by atoms with van der Waals surface area (Å²) in [6.07, 6.45) is 0. The van der Waals surface area contributed by atoms with E-state index in [0.717, 1.165) is 5.56 Å². The number of benzene rings is 3. The highest BCUT2D eigenvalue weighted by Gasteiger charge is 2.24. The van der Waals surface area contributed by atoms with Gasteiger partial charge in [0.2, 0.25) is 5.76 Å². The van der Waals surface area contributed by atoms with Gasteiger partial charge >= 0.3 is 5.97 Å². The van der Waals surface area contributed by atoms with Gasteiger partial charge in [-0.15, -0.1) is 0 Å². The first-order valence-electron chi connectivity index (χ1n) is 10.5. The fraction of sp³-hybridized carbons (Fsp3) is 0.120. The number of para-hydroxylation sites is 1. The highest BCUT2D eigenvalue weighted by molar-refractivity contribution is 7.92. The van der Waals surface area contributed by atoms with Crippen molar-refractivity contribution in [1.29, 1.82) is 0 Å². The maximum atomic E-state index is 13.0. The number of furan rings is 1. The smallest absolute Gasteiger partial charge is 0.376 e. The lowest BCUT2D eigenvalue weighted by Gasteiger charge is -2.10. The van der Waals surface area contributed by atoms with Crippen molar-refractivity contribution >= 4 is 44.2 Å². The maximum absolute atomic E-state index is 13.0. The van der Waals surface area contributed by atoms with E-state index in [-0.39, 0.29) is 34.2 Å². The quantitative estimate of drug-likeness (QED) is 0.363. The topological polar surface area (TPSA) is 115 Å². The van der Waals surface area contributed by atoms with Crippen LogP contribution in [0.3, 0.4) is 0 Å². The molecule has 1 aromatic heterocycles. The first-order valence-corrected chi connectivity index (χ1v) is 12.0. The zero-order valence-electron chi connectivity index (χ0n) is 18.5. The number of carbonyl (C=O) groups is 2. The predicted octanol–water partition coefficient (Wildman–Crippen LogP) is 4.97. The summed E-state index contributed by atoms with van der Waals surface area (Å²) in [5.41, 5.74) is 1.94. The number of sulfonamides is 1. The summed E-state index contributed by atoms with van der Waals surface area (Å²) in [5, 5.41) is 3.24. The molecule has 0 atom stereocenters. The molecular formula is C25H22N2O6S. The first-order chi connectivity index (χ1) is 16.3. The molecule has 4 aromatic rings. The van der Waals surface area contributed by atoms with E-state index in [1.807, 2.05) is 6.92 Å². The third-order valence-corrected chi connectivity index (χ3v) is 6.40. The molecule has 0 unspecified atom stereocenters. The van der Waals surface area contributed by atoms with Gasteiger partial charge in [0.15, 0.2) is 0 Å². The third kappa shape index (κ3) is 4.79. The van der Waals surface area contributed by atoms with Crippen LogP contribution in [0.15, 0.2) is 82.1 Å². The summed E-state index contributed by atoms with van der Waals surface area (Å²) in [7, 11) is -3.83. The van der Waals surface area contributed by atoms with Crippen LogP contribution < -0.4 is 10.0 Å². The molecule has 0 aliphatic rings. The molecule has 0 aliphatic heterocycles. The molecule has 0 fully saturated rings. The minimum Gasteiger partial charge on any atom is -0.460 e. The van der Waals surface area contributed by atoms with Gasteiger partial charge in [-0.3, -0.25) is 9.52 Å². The Kier molecular flexibility index (Phi) is 6.38. The average Bonchev–Trinajstić information content (AvgIpc) is 3.18. The van der Waals surface area contributed by atoms with Crippen LogP contribution in [-0.2, 0) is 14.8 Å². The number of ether oxygens (including phenoxy) is 1. The van der Waals surface area contributed by atoms with Gasteiger partial charge in [0.05, 0.1) is 11.5 Å². The minimum absolute atomic E-state index is 0.108. The van der Waals surface area contributed by atoms with Gasteiger partial charge in [0, 0.05) is 16.6 Å². The van der Waals surface area contributed by atoms with Gasteiger partial charge in [-0.25, -0.2) is 13.2 Å². The fourth-order valence-electron chi connectivity index (χ4n) is 3.35. The van der Waals surface area contributed by atoms with Gasteiger partial charge in [0.1, 0.15) is 11.3 Å². The van der Waals surface area contributed by atoms with Crippen LogP contribution in [0.5, 0.6) is 0 Å². The monoisotopic (exact) mass is 478 g/mol. The molecule has 0 saturated heterocycles. The molecule has 34 heavy (non-hydrogen) atoms. The Balaban J connectivity index is 1.61. The van der Waals surface area contributed by atoms with Gasteiger partial charge < -0.3 is 14.5 Å². The summed E-state index contributed by atoms with van der Waals surface area (Å²) in [6, 6.07) is 19.4. The summed E-state index contributed by atoms with van der Waals surface area (Å²) in [6.45, 7) is 3.68. The summed E-state index contributed by atoms with van der Waals surface area (Å²) >= 11 is 0. The van der Waals surface area contributed by atoms with Crippen molar-refractivity contribution in [3.8, 4) is 0 Å². The van der Waals surface area contributed by atoms with Crippen molar-refractivity contribution in [2.24, 2.45) is 0 Å².